The summed E-state index contributed by atoms with van der Waals surface area (Å²) in [4.78, 5) is 10.3. The van der Waals surface area contributed by atoms with Crippen molar-refractivity contribution < 1.29 is 0 Å². The summed E-state index contributed by atoms with van der Waals surface area (Å²) in [6.45, 7) is 13.2. The summed E-state index contributed by atoms with van der Waals surface area (Å²) in [6.07, 6.45) is 1.99. The Morgan fingerprint density at radius 3 is 1.43 bits per heavy atom. The quantitative estimate of drug-likeness (QED) is 0.197. The SMILES string of the molecule is Cc1cnc2c(c1C)c(C)c(C)c1c(C)c(C)c(-c3ccc(-c4cccc(-c5cccc(-c6ccccc6)c5)c4)cc3)nc12. The van der Waals surface area contributed by atoms with Crippen LogP contribution in [0, 0.1) is 41.5 Å². The lowest BCUT2D eigenvalue weighted by Crippen LogP contribution is -2.01. The molecule has 0 radical (unpaired) electrons. The number of nitrogens with zero attached hydrogens (tertiary/aromatic N) is 2. The third kappa shape index (κ3) is 4.59. The molecule has 0 unspecified atom stereocenters. The van der Waals surface area contributed by atoms with Crippen LogP contribution in [0.5, 0.6) is 0 Å². The van der Waals surface area contributed by atoms with Gasteiger partial charge in [0.15, 0.2) is 0 Å². The summed E-state index contributed by atoms with van der Waals surface area (Å²) in [5.74, 6) is 0. The largest absolute Gasteiger partial charge is 0.254 e. The molecule has 0 amide bonds. The molecule has 44 heavy (non-hydrogen) atoms. The molecule has 0 aliphatic carbocycles. The first-order valence-corrected chi connectivity index (χ1v) is 15.3. The minimum Gasteiger partial charge on any atom is -0.254 e. The van der Waals surface area contributed by atoms with E-state index in [1.165, 1.54) is 77.5 Å². The zero-order valence-corrected chi connectivity index (χ0v) is 26.3. The number of aromatic nitrogens is 2. The van der Waals surface area contributed by atoms with Crippen LogP contribution in [0.15, 0.2) is 109 Å². The van der Waals surface area contributed by atoms with E-state index in [4.69, 9.17) is 9.97 Å². The van der Waals surface area contributed by atoms with Crippen molar-refractivity contribution in [1.82, 2.24) is 9.97 Å². The van der Waals surface area contributed by atoms with E-state index in [-0.39, 0.29) is 0 Å². The lowest BCUT2D eigenvalue weighted by molar-refractivity contribution is 1.23. The average Bonchev–Trinajstić information content (AvgIpc) is 3.07. The van der Waals surface area contributed by atoms with E-state index < -0.39 is 0 Å². The van der Waals surface area contributed by atoms with Crippen LogP contribution in [0.4, 0.5) is 0 Å². The van der Waals surface area contributed by atoms with Crippen molar-refractivity contribution in [3.05, 3.63) is 143 Å². The maximum Gasteiger partial charge on any atom is 0.0977 e. The molecule has 2 nitrogen and oxygen atoms in total. The summed E-state index contributed by atoms with van der Waals surface area (Å²) >= 11 is 0. The minimum absolute atomic E-state index is 0.999. The Balaban J connectivity index is 1.28. The van der Waals surface area contributed by atoms with Gasteiger partial charge in [-0.1, -0.05) is 91.0 Å². The Bertz CT molecular complexity index is 2210. The summed E-state index contributed by atoms with van der Waals surface area (Å²) in [7, 11) is 0. The van der Waals surface area contributed by atoms with E-state index in [1.807, 2.05) is 6.20 Å². The van der Waals surface area contributed by atoms with Gasteiger partial charge in [0, 0.05) is 22.5 Å². The molecular formula is C42H36N2. The van der Waals surface area contributed by atoms with Crippen molar-refractivity contribution in [2.24, 2.45) is 0 Å². The summed E-state index contributed by atoms with van der Waals surface area (Å²) < 4.78 is 0. The number of benzene rings is 5. The van der Waals surface area contributed by atoms with Crippen molar-refractivity contribution in [1.29, 1.82) is 0 Å². The minimum atomic E-state index is 0.999. The third-order valence-corrected chi connectivity index (χ3v) is 9.54. The van der Waals surface area contributed by atoms with Crippen LogP contribution in [0.2, 0.25) is 0 Å². The standard InChI is InChI=1S/C42H36N2/c1-25-24-43-41-38(26(25)2)27(3)28(4)39-29(5)30(6)40(44-42(39)41)33-20-18-32(19-21-33)35-15-11-17-37(23-35)36-16-10-14-34(22-36)31-12-8-7-9-13-31/h7-24H,1-6H3. The van der Waals surface area contributed by atoms with Gasteiger partial charge < -0.3 is 0 Å². The maximum absolute atomic E-state index is 5.33. The van der Waals surface area contributed by atoms with Crippen molar-refractivity contribution in [3.63, 3.8) is 0 Å². The third-order valence-electron chi connectivity index (χ3n) is 9.54. The molecule has 5 aromatic carbocycles. The second kappa shape index (κ2) is 10.9. The van der Waals surface area contributed by atoms with Gasteiger partial charge in [0.25, 0.3) is 0 Å². The van der Waals surface area contributed by atoms with Gasteiger partial charge in [0.05, 0.1) is 16.7 Å². The molecule has 0 bridgehead atoms. The fourth-order valence-electron chi connectivity index (χ4n) is 6.62. The van der Waals surface area contributed by atoms with E-state index in [9.17, 15) is 0 Å². The zero-order chi connectivity index (χ0) is 30.5. The van der Waals surface area contributed by atoms with E-state index in [1.54, 1.807) is 0 Å². The second-order valence-corrected chi connectivity index (χ2v) is 12.1. The second-order valence-electron chi connectivity index (χ2n) is 12.1. The first kappa shape index (κ1) is 27.7. The lowest BCUT2D eigenvalue weighted by atomic mass is 9.90. The molecule has 0 saturated carbocycles. The van der Waals surface area contributed by atoms with Gasteiger partial charge in [-0.2, -0.15) is 0 Å². The number of fused-ring (bicyclic) bond motifs is 3. The van der Waals surface area contributed by atoms with Crippen LogP contribution >= 0.6 is 0 Å². The van der Waals surface area contributed by atoms with Crippen LogP contribution in [-0.2, 0) is 0 Å². The van der Waals surface area contributed by atoms with Crippen molar-refractivity contribution in [2.45, 2.75) is 41.5 Å². The topological polar surface area (TPSA) is 25.8 Å². The van der Waals surface area contributed by atoms with E-state index in [0.717, 1.165) is 22.3 Å². The summed E-state index contributed by atoms with van der Waals surface area (Å²) in [5.41, 5.74) is 19.0. The van der Waals surface area contributed by atoms with Crippen LogP contribution in [0.1, 0.15) is 33.4 Å². The van der Waals surface area contributed by atoms with E-state index in [2.05, 4.69) is 145 Å². The molecule has 0 N–H and O–H groups in total. The number of hydrogen-bond donors (Lipinski definition) is 0. The van der Waals surface area contributed by atoms with Gasteiger partial charge in [-0.3, -0.25) is 4.98 Å². The molecule has 0 aliphatic heterocycles. The molecule has 0 atom stereocenters. The maximum atomic E-state index is 5.33. The van der Waals surface area contributed by atoms with Gasteiger partial charge in [0.2, 0.25) is 0 Å². The highest BCUT2D eigenvalue weighted by atomic mass is 14.8. The molecule has 7 rings (SSSR count). The highest BCUT2D eigenvalue weighted by Crippen LogP contribution is 2.38. The molecule has 0 saturated heterocycles. The molecule has 2 heteroatoms. The van der Waals surface area contributed by atoms with Crippen LogP contribution < -0.4 is 0 Å². The number of hydrogen-bond acceptors (Lipinski definition) is 2. The molecule has 2 aromatic heterocycles. The average molecular weight is 569 g/mol. The Morgan fingerprint density at radius 1 is 0.386 bits per heavy atom. The fourth-order valence-corrected chi connectivity index (χ4v) is 6.62. The van der Waals surface area contributed by atoms with Gasteiger partial charge >= 0.3 is 0 Å². The van der Waals surface area contributed by atoms with Crippen LogP contribution in [-0.4, -0.2) is 9.97 Å². The molecule has 2 heterocycles. The molecule has 214 valence electrons. The Kier molecular flexibility index (Phi) is 6.86. The van der Waals surface area contributed by atoms with Gasteiger partial charge in [0.1, 0.15) is 0 Å². The first-order valence-electron chi connectivity index (χ1n) is 15.3. The number of rotatable bonds is 4. The monoisotopic (exact) mass is 568 g/mol. The Morgan fingerprint density at radius 2 is 0.841 bits per heavy atom. The Hall–Kier alpha value is -5.08. The number of pyridine rings is 2. The summed E-state index contributed by atoms with van der Waals surface area (Å²) in [6, 6.07) is 37.0. The number of aryl methyl sites for hydroxylation is 5. The Labute approximate surface area is 260 Å². The highest BCUT2D eigenvalue weighted by Gasteiger charge is 2.19. The first-order chi connectivity index (χ1) is 21.3. The van der Waals surface area contributed by atoms with Gasteiger partial charge in [-0.15, -0.1) is 0 Å². The summed E-state index contributed by atoms with van der Waals surface area (Å²) in [5, 5.41) is 2.47. The zero-order valence-electron chi connectivity index (χ0n) is 26.3. The molecule has 0 fully saturated rings. The fraction of sp³-hybridized carbons (Fsp3) is 0.143. The molecule has 7 aromatic rings. The predicted octanol–water partition coefficient (Wildman–Crippen LogP) is 11.3. The lowest BCUT2D eigenvalue weighted by Gasteiger charge is -2.19. The van der Waals surface area contributed by atoms with Crippen molar-refractivity contribution >= 4 is 21.8 Å². The van der Waals surface area contributed by atoms with Crippen molar-refractivity contribution in [3.8, 4) is 44.6 Å². The van der Waals surface area contributed by atoms with Gasteiger partial charge in [-0.25, -0.2) is 4.98 Å². The molecule has 0 spiro atoms. The molecule has 0 aliphatic rings. The van der Waals surface area contributed by atoms with Crippen LogP contribution in [0.25, 0.3) is 66.4 Å². The van der Waals surface area contributed by atoms with E-state index >= 15 is 0 Å². The smallest absolute Gasteiger partial charge is 0.0977 e. The predicted molar refractivity (Wildman–Crippen MR) is 187 cm³/mol. The highest BCUT2D eigenvalue weighted by molar-refractivity contribution is 6.09. The van der Waals surface area contributed by atoms with Crippen LogP contribution in [0.3, 0.4) is 0 Å². The van der Waals surface area contributed by atoms with Crippen molar-refractivity contribution in [2.75, 3.05) is 0 Å². The normalized spacial score (nSPS) is 11.4. The van der Waals surface area contributed by atoms with Gasteiger partial charge in [-0.05, 0) is 120 Å². The van der Waals surface area contributed by atoms with E-state index in [0.29, 0.717) is 0 Å². The molecular weight excluding hydrogens is 532 g/mol.